The van der Waals surface area contributed by atoms with Crippen LogP contribution in [0.1, 0.15) is 44.9 Å². The van der Waals surface area contributed by atoms with Gasteiger partial charge in [-0.15, -0.1) is 34.2 Å². The molecule has 1 aliphatic heterocycles. The van der Waals surface area contributed by atoms with Gasteiger partial charge in [-0.2, -0.15) is 0 Å². The summed E-state index contributed by atoms with van der Waals surface area (Å²) in [5, 5.41) is 11.4. The van der Waals surface area contributed by atoms with Crippen LogP contribution in [0.15, 0.2) is 11.3 Å². The number of aryl methyl sites for hydroxylation is 1. The molecule has 1 aromatic heterocycles. The fraction of sp³-hybridized carbons (Fsp3) is 0.800. The first-order valence-electron chi connectivity index (χ1n) is 8.09. The molecule has 2 heterocycles. The monoisotopic (exact) mass is 418 g/mol. The zero-order valence-electron chi connectivity index (χ0n) is 13.6. The third kappa shape index (κ3) is 3.72. The van der Waals surface area contributed by atoms with E-state index in [1.165, 1.54) is 32.1 Å². The van der Waals surface area contributed by atoms with Gasteiger partial charge < -0.3 is 14.8 Å². The van der Waals surface area contributed by atoms with Crippen LogP contribution in [-0.4, -0.2) is 45.3 Å². The second-order valence-corrected chi connectivity index (χ2v) is 6.41. The summed E-state index contributed by atoms with van der Waals surface area (Å²) in [6.45, 7) is 5.91. The lowest BCUT2D eigenvalue weighted by atomic mass is 9.86. The number of likely N-dealkylation sites (tertiary alicyclic amines) is 1. The molecule has 0 unspecified atom stereocenters. The Balaban J connectivity index is 0.00000176. The van der Waals surface area contributed by atoms with Crippen molar-refractivity contribution in [2.45, 2.75) is 45.6 Å². The summed E-state index contributed by atoms with van der Waals surface area (Å²) in [4.78, 5) is 7.20. The molecule has 1 saturated carbocycles. The van der Waals surface area contributed by atoms with Gasteiger partial charge in [0, 0.05) is 26.7 Å². The number of guanidine groups is 1. The van der Waals surface area contributed by atoms with Crippen molar-refractivity contribution in [3.05, 3.63) is 12.2 Å². The Labute approximate surface area is 149 Å². The molecule has 2 fully saturated rings. The second-order valence-electron chi connectivity index (χ2n) is 6.41. The summed E-state index contributed by atoms with van der Waals surface area (Å²) in [5.74, 6) is 1.93. The van der Waals surface area contributed by atoms with E-state index in [0.717, 1.165) is 31.4 Å². The van der Waals surface area contributed by atoms with E-state index < -0.39 is 0 Å². The SMILES string of the molecule is CCNC(=NCc1nncn1C)N1CCC2(CCCC2)C1.I. The number of hydrogen-bond donors (Lipinski definition) is 1. The molecule has 0 bridgehead atoms. The van der Waals surface area contributed by atoms with Crippen LogP contribution in [0.4, 0.5) is 0 Å². The topological polar surface area (TPSA) is 58.3 Å². The van der Waals surface area contributed by atoms with Gasteiger partial charge in [-0.05, 0) is 31.6 Å². The molecular weight excluding hydrogens is 391 g/mol. The number of nitrogens with one attached hydrogen (secondary N) is 1. The highest BCUT2D eigenvalue weighted by Gasteiger charge is 2.41. The van der Waals surface area contributed by atoms with E-state index in [0.29, 0.717) is 12.0 Å². The normalized spacial score (nSPS) is 20.5. The van der Waals surface area contributed by atoms with E-state index in [2.05, 4.69) is 27.3 Å². The Morgan fingerprint density at radius 1 is 1.36 bits per heavy atom. The highest BCUT2D eigenvalue weighted by Crippen LogP contribution is 2.45. The Bertz CT molecular complexity index is 506. The van der Waals surface area contributed by atoms with Crippen LogP contribution >= 0.6 is 24.0 Å². The summed E-state index contributed by atoms with van der Waals surface area (Å²) < 4.78 is 1.93. The fourth-order valence-corrected chi connectivity index (χ4v) is 3.67. The van der Waals surface area contributed by atoms with Gasteiger partial charge in [0.25, 0.3) is 0 Å². The maximum atomic E-state index is 4.76. The Hall–Kier alpha value is -0.860. The summed E-state index contributed by atoms with van der Waals surface area (Å²) in [7, 11) is 1.96. The van der Waals surface area contributed by atoms with Crippen molar-refractivity contribution >= 4 is 29.9 Å². The lowest BCUT2D eigenvalue weighted by molar-refractivity contribution is 0.309. The number of hydrogen-bond acceptors (Lipinski definition) is 3. The summed E-state index contributed by atoms with van der Waals surface area (Å²) in [5.41, 5.74) is 0.570. The molecule has 1 N–H and O–H groups in total. The third-order valence-corrected chi connectivity index (χ3v) is 4.91. The zero-order chi connectivity index (χ0) is 14.7. The quantitative estimate of drug-likeness (QED) is 0.465. The molecule has 7 heteroatoms. The standard InChI is InChI=1S/C15H26N6.HI/c1-3-16-14(17-10-13-19-18-12-20(13)2)21-9-8-15(11-21)6-4-5-7-15;/h12H,3-11H2,1-2H3,(H,16,17);1H. The molecule has 0 amide bonds. The fourth-order valence-electron chi connectivity index (χ4n) is 3.67. The molecule has 1 aliphatic carbocycles. The van der Waals surface area contributed by atoms with E-state index in [-0.39, 0.29) is 24.0 Å². The number of aliphatic imine (C=N–C) groups is 1. The largest absolute Gasteiger partial charge is 0.357 e. The van der Waals surface area contributed by atoms with E-state index in [1.54, 1.807) is 6.33 Å². The van der Waals surface area contributed by atoms with Crippen molar-refractivity contribution in [1.29, 1.82) is 0 Å². The molecule has 0 radical (unpaired) electrons. The predicted octanol–water partition coefficient (Wildman–Crippen LogP) is 2.16. The van der Waals surface area contributed by atoms with Crippen molar-refractivity contribution < 1.29 is 0 Å². The van der Waals surface area contributed by atoms with Gasteiger partial charge in [-0.1, -0.05) is 12.8 Å². The Kier molecular flexibility index (Phi) is 6.05. The van der Waals surface area contributed by atoms with E-state index >= 15 is 0 Å². The van der Waals surface area contributed by atoms with Crippen molar-refractivity contribution in [2.75, 3.05) is 19.6 Å². The number of aromatic nitrogens is 3. The summed E-state index contributed by atoms with van der Waals surface area (Å²) >= 11 is 0. The molecular formula is C15H27IN6. The molecule has 3 rings (SSSR count). The van der Waals surface area contributed by atoms with Crippen LogP contribution in [0.2, 0.25) is 0 Å². The highest BCUT2D eigenvalue weighted by atomic mass is 127. The maximum Gasteiger partial charge on any atom is 0.194 e. The van der Waals surface area contributed by atoms with Crippen molar-refractivity contribution in [1.82, 2.24) is 25.0 Å². The van der Waals surface area contributed by atoms with Crippen LogP contribution in [0.25, 0.3) is 0 Å². The van der Waals surface area contributed by atoms with Crippen molar-refractivity contribution in [2.24, 2.45) is 17.5 Å². The first-order chi connectivity index (χ1) is 10.2. The molecule has 0 aromatic carbocycles. The van der Waals surface area contributed by atoms with E-state index in [1.807, 2.05) is 11.6 Å². The predicted molar refractivity (Wildman–Crippen MR) is 98.3 cm³/mol. The lowest BCUT2D eigenvalue weighted by Crippen LogP contribution is -2.41. The molecule has 22 heavy (non-hydrogen) atoms. The van der Waals surface area contributed by atoms with Gasteiger partial charge >= 0.3 is 0 Å². The first-order valence-corrected chi connectivity index (χ1v) is 8.09. The molecule has 0 atom stereocenters. The Morgan fingerprint density at radius 3 is 2.77 bits per heavy atom. The second kappa shape index (κ2) is 7.61. The molecule has 1 saturated heterocycles. The molecule has 124 valence electrons. The zero-order valence-corrected chi connectivity index (χ0v) is 15.9. The molecule has 1 spiro atoms. The van der Waals surface area contributed by atoms with Gasteiger partial charge in [0.1, 0.15) is 12.9 Å². The Morgan fingerprint density at radius 2 is 2.14 bits per heavy atom. The van der Waals surface area contributed by atoms with Crippen LogP contribution in [0.5, 0.6) is 0 Å². The molecule has 1 aromatic rings. The average Bonchev–Trinajstić information content (AvgIpc) is 3.19. The van der Waals surface area contributed by atoms with Gasteiger partial charge in [0.15, 0.2) is 11.8 Å². The van der Waals surface area contributed by atoms with Gasteiger partial charge in [0.05, 0.1) is 0 Å². The van der Waals surface area contributed by atoms with Crippen LogP contribution in [-0.2, 0) is 13.6 Å². The smallest absolute Gasteiger partial charge is 0.194 e. The van der Waals surface area contributed by atoms with E-state index in [9.17, 15) is 0 Å². The molecule has 2 aliphatic rings. The van der Waals surface area contributed by atoms with Crippen LogP contribution < -0.4 is 5.32 Å². The summed E-state index contributed by atoms with van der Waals surface area (Å²) in [6.07, 6.45) is 8.64. The van der Waals surface area contributed by atoms with Gasteiger partial charge in [0.2, 0.25) is 0 Å². The molecule has 6 nitrogen and oxygen atoms in total. The third-order valence-electron chi connectivity index (χ3n) is 4.91. The van der Waals surface area contributed by atoms with Crippen LogP contribution in [0, 0.1) is 5.41 Å². The maximum absolute atomic E-state index is 4.76. The van der Waals surface area contributed by atoms with Gasteiger partial charge in [-0.25, -0.2) is 4.99 Å². The summed E-state index contributed by atoms with van der Waals surface area (Å²) in [6, 6.07) is 0. The lowest BCUT2D eigenvalue weighted by Gasteiger charge is -2.25. The van der Waals surface area contributed by atoms with Crippen molar-refractivity contribution in [3.8, 4) is 0 Å². The average molecular weight is 418 g/mol. The number of nitrogens with zero attached hydrogens (tertiary/aromatic N) is 5. The van der Waals surface area contributed by atoms with Crippen LogP contribution in [0.3, 0.4) is 0 Å². The van der Waals surface area contributed by atoms with Gasteiger partial charge in [-0.3, -0.25) is 0 Å². The highest BCUT2D eigenvalue weighted by molar-refractivity contribution is 14.0. The minimum Gasteiger partial charge on any atom is -0.357 e. The van der Waals surface area contributed by atoms with E-state index in [4.69, 9.17) is 4.99 Å². The number of rotatable bonds is 3. The minimum atomic E-state index is 0. The first kappa shape index (κ1) is 17.5. The van der Waals surface area contributed by atoms with Crippen molar-refractivity contribution in [3.63, 3.8) is 0 Å². The minimum absolute atomic E-state index is 0. The number of halogens is 1.